The number of nitrogens with two attached hydrogens (primary N) is 2. The third-order valence-electron chi connectivity index (χ3n) is 4.52. The summed E-state index contributed by atoms with van der Waals surface area (Å²) in [6.07, 6.45) is 0. The molecule has 0 amide bonds. The third kappa shape index (κ3) is 8.63. The van der Waals surface area contributed by atoms with Gasteiger partial charge >= 0.3 is 0 Å². The maximum absolute atomic E-state index is 5.27. The molecule has 0 aliphatic carbocycles. The van der Waals surface area contributed by atoms with E-state index in [0.717, 1.165) is 26.2 Å². The molecule has 0 fully saturated rings. The zero-order valence-electron chi connectivity index (χ0n) is 17.1. The molecular weight excluding hydrogens is 355 g/mol. The van der Waals surface area contributed by atoms with Gasteiger partial charge in [-0.15, -0.1) is 0 Å². The second-order valence-electron chi connectivity index (χ2n) is 6.74. The summed E-state index contributed by atoms with van der Waals surface area (Å²) in [7, 11) is 0. The lowest BCUT2D eigenvalue weighted by Gasteiger charge is -2.15. The van der Waals surface area contributed by atoms with Crippen LogP contribution < -0.4 is 38.5 Å². The summed E-state index contributed by atoms with van der Waals surface area (Å²) in [4.78, 5) is 0. The first kappa shape index (κ1) is 22.8. The summed E-state index contributed by atoms with van der Waals surface area (Å²) in [5, 5.41) is 6.33. The van der Waals surface area contributed by atoms with Gasteiger partial charge in [-0.2, -0.15) is 0 Å². The molecule has 3 aromatic carbocycles. The van der Waals surface area contributed by atoms with Crippen molar-refractivity contribution in [1.29, 1.82) is 0 Å². The van der Waals surface area contributed by atoms with E-state index >= 15 is 0 Å². The van der Waals surface area contributed by atoms with Gasteiger partial charge in [-0.25, -0.2) is 0 Å². The van der Waals surface area contributed by atoms with Crippen molar-refractivity contribution in [3.05, 3.63) is 91.0 Å². The Balaban J connectivity index is 0.000000257. The Hall–Kier alpha value is -2.44. The topological polar surface area (TPSA) is 76.1 Å². The van der Waals surface area contributed by atoms with Gasteiger partial charge in [-0.3, -0.25) is 0 Å². The van der Waals surface area contributed by atoms with Gasteiger partial charge < -0.3 is 22.1 Å². The molecule has 0 saturated heterocycles. The van der Waals surface area contributed by atoms with E-state index in [4.69, 9.17) is 11.5 Å². The van der Waals surface area contributed by atoms with Crippen molar-refractivity contribution in [2.75, 3.05) is 39.3 Å². The predicted octanol–water partition coefficient (Wildman–Crippen LogP) is 0.286. The third-order valence-corrected chi connectivity index (χ3v) is 4.52. The molecular formula is C24H33BN4. The number of rotatable bonds is 10. The molecule has 0 spiro atoms. The highest BCUT2D eigenvalue weighted by atomic mass is 14.9. The van der Waals surface area contributed by atoms with Crippen LogP contribution in [0.4, 0.5) is 0 Å². The first-order chi connectivity index (χ1) is 14.4. The Morgan fingerprint density at radius 3 is 1.07 bits per heavy atom. The van der Waals surface area contributed by atoms with Crippen LogP contribution in [0.25, 0.3) is 0 Å². The normalized spacial score (nSPS) is 10.1. The zero-order valence-corrected chi connectivity index (χ0v) is 17.1. The zero-order chi connectivity index (χ0) is 20.6. The molecule has 4 nitrogen and oxygen atoms in total. The maximum Gasteiger partial charge on any atom is 0.241 e. The van der Waals surface area contributed by atoms with Gasteiger partial charge in [0.25, 0.3) is 0 Å². The minimum atomic E-state index is 0.309. The minimum absolute atomic E-state index is 0.309. The summed E-state index contributed by atoms with van der Waals surface area (Å²) < 4.78 is 0. The summed E-state index contributed by atoms with van der Waals surface area (Å²) in [5.74, 6) is 0. The molecule has 0 atom stereocenters. The fraction of sp³-hybridized carbons (Fsp3) is 0.250. The Bertz CT molecular complexity index is 652. The molecule has 0 unspecified atom stereocenters. The van der Waals surface area contributed by atoms with Crippen molar-refractivity contribution < 1.29 is 0 Å². The lowest BCUT2D eigenvalue weighted by atomic mass is 9.37. The van der Waals surface area contributed by atoms with E-state index in [-0.39, 0.29) is 0 Å². The largest absolute Gasteiger partial charge is 0.329 e. The van der Waals surface area contributed by atoms with Crippen LogP contribution in [0.2, 0.25) is 0 Å². The van der Waals surface area contributed by atoms with Gasteiger partial charge in [-0.1, -0.05) is 107 Å². The fourth-order valence-corrected chi connectivity index (χ4v) is 3.14. The Labute approximate surface area is 175 Å². The number of benzene rings is 3. The quantitative estimate of drug-likeness (QED) is 0.298. The lowest BCUT2D eigenvalue weighted by Crippen LogP contribution is -2.51. The van der Waals surface area contributed by atoms with Crippen molar-refractivity contribution in [3.63, 3.8) is 0 Å². The van der Waals surface area contributed by atoms with E-state index < -0.39 is 0 Å². The SMILES string of the molecule is NCCNCCNCCN.c1ccc(B(c2ccccc2)c2ccccc2)cc1. The molecule has 5 heteroatoms. The van der Waals surface area contributed by atoms with E-state index in [2.05, 4.69) is 102 Å². The second kappa shape index (κ2) is 14.5. The van der Waals surface area contributed by atoms with E-state index in [1.54, 1.807) is 0 Å². The van der Waals surface area contributed by atoms with Crippen LogP contribution in [-0.2, 0) is 0 Å². The molecule has 0 aromatic heterocycles. The van der Waals surface area contributed by atoms with Crippen molar-refractivity contribution in [2.24, 2.45) is 11.5 Å². The average molecular weight is 388 g/mol. The summed E-state index contributed by atoms with van der Waals surface area (Å²) in [6, 6.07) is 32.0. The second-order valence-corrected chi connectivity index (χ2v) is 6.74. The summed E-state index contributed by atoms with van der Waals surface area (Å²) in [6.45, 7) is 5.44. The number of hydrogen-bond acceptors (Lipinski definition) is 4. The van der Waals surface area contributed by atoms with Crippen molar-refractivity contribution >= 4 is 23.1 Å². The van der Waals surface area contributed by atoms with Gasteiger partial charge in [0.1, 0.15) is 0 Å². The number of nitrogens with one attached hydrogen (secondary N) is 2. The smallest absolute Gasteiger partial charge is 0.241 e. The molecule has 0 radical (unpaired) electrons. The van der Waals surface area contributed by atoms with E-state index in [1.165, 1.54) is 16.4 Å². The van der Waals surface area contributed by atoms with Crippen LogP contribution in [0.15, 0.2) is 91.0 Å². The van der Waals surface area contributed by atoms with Crippen LogP contribution in [-0.4, -0.2) is 46.0 Å². The van der Waals surface area contributed by atoms with Crippen molar-refractivity contribution in [2.45, 2.75) is 0 Å². The van der Waals surface area contributed by atoms with Gasteiger partial charge in [0.15, 0.2) is 0 Å². The van der Waals surface area contributed by atoms with Gasteiger partial charge in [0, 0.05) is 39.3 Å². The van der Waals surface area contributed by atoms with E-state index in [9.17, 15) is 0 Å². The van der Waals surface area contributed by atoms with Gasteiger partial charge in [0.2, 0.25) is 6.71 Å². The highest BCUT2D eigenvalue weighted by Crippen LogP contribution is 1.95. The average Bonchev–Trinajstić information content (AvgIpc) is 2.79. The Kier molecular flexibility index (Phi) is 11.5. The van der Waals surface area contributed by atoms with Gasteiger partial charge in [0.05, 0.1) is 0 Å². The Morgan fingerprint density at radius 1 is 0.483 bits per heavy atom. The molecule has 0 aliphatic rings. The van der Waals surface area contributed by atoms with Crippen LogP contribution in [0.3, 0.4) is 0 Å². The standard InChI is InChI=1S/C18H15B.C6H18N4/c1-4-10-16(11-5-1)19(17-12-6-2-7-13-17)18-14-8-3-9-15-18;7-1-3-9-5-6-10-4-2-8/h1-15H;9-10H,1-8H2. The highest BCUT2D eigenvalue weighted by Gasteiger charge is 2.20. The summed E-state index contributed by atoms with van der Waals surface area (Å²) in [5.41, 5.74) is 14.5. The monoisotopic (exact) mass is 388 g/mol. The first-order valence-electron chi connectivity index (χ1n) is 10.3. The number of hydrogen-bond donors (Lipinski definition) is 4. The van der Waals surface area contributed by atoms with Crippen LogP contribution >= 0.6 is 0 Å². The maximum atomic E-state index is 5.27. The molecule has 152 valence electrons. The molecule has 0 heterocycles. The Morgan fingerprint density at radius 2 is 0.793 bits per heavy atom. The molecule has 6 N–H and O–H groups in total. The van der Waals surface area contributed by atoms with Gasteiger partial charge in [-0.05, 0) is 0 Å². The van der Waals surface area contributed by atoms with Crippen molar-refractivity contribution in [3.8, 4) is 0 Å². The molecule has 3 rings (SSSR count). The minimum Gasteiger partial charge on any atom is -0.329 e. The van der Waals surface area contributed by atoms with Crippen LogP contribution in [0.1, 0.15) is 0 Å². The van der Waals surface area contributed by atoms with Crippen molar-refractivity contribution in [1.82, 2.24) is 10.6 Å². The predicted molar refractivity (Wildman–Crippen MR) is 128 cm³/mol. The molecule has 3 aromatic rings. The highest BCUT2D eigenvalue weighted by molar-refractivity contribution is 6.95. The molecule has 0 bridgehead atoms. The first-order valence-corrected chi connectivity index (χ1v) is 10.3. The van der Waals surface area contributed by atoms with Crippen LogP contribution in [0.5, 0.6) is 0 Å². The lowest BCUT2D eigenvalue weighted by molar-refractivity contribution is 0.618. The molecule has 29 heavy (non-hydrogen) atoms. The summed E-state index contributed by atoms with van der Waals surface area (Å²) >= 11 is 0. The fourth-order valence-electron chi connectivity index (χ4n) is 3.14. The molecule has 0 aliphatic heterocycles. The van der Waals surface area contributed by atoms with Crippen LogP contribution in [0, 0.1) is 0 Å². The van der Waals surface area contributed by atoms with E-state index in [0.29, 0.717) is 19.8 Å². The van der Waals surface area contributed by atoms with E-state index in [1.807, 2.05) is 0 Å². The molecule has 0 saturated carbocycles.